The third kappa shape index (κ3) is 4.61. The van der Waals surface area contributed by atoms with Crippen molar-refractivity contribution in [3.8, 4) is 0 Å². The number of hydrogen-bond acceptors (Lipinski definition) is 7. The lowest BCUT2D eigenvalue weighted by Crippen LogP contribution is -2.44. The minimum atomic E-state index is -3.55. The molecule has 0 atom stereocenters. The molecule has 1 aromatic carbocycles. The summed E-state index contributed by atoms with van der Waals surface area (Å²) in [7, 11) is -3.55. The van der Waals surface area contributed by atoms with Crippen molar-refractivity contribution in [1.29, 1.82) is 0 Å². The summed E-state index contributed by atoms with van der Waals surface area (Å²) in [5, 5.41) is 6.05. The van der Waals surface area contributed by atoms with E-state index in [4.69, 9.17) is 4.74 Å². The van der Waals surface area contributed by atoms with E-state index in [1.807, 2.05) is 5.38 Å². The number of nitrogens with zero attached hydrogens (tertiary/aromatic N) is 3. The Kier molecular flexibility index (Phi) is 6.14. The van der Waals surface area contributed by atoms with Crippen molar-refractivity contribution in [3.63, 3.8) is 0 Å². The SMILES string of the molecule is O=C(NC1CCN(c2nccs2)CC1)c1ccc(S(=O)(=O)N2CCOCC2)cc1. The minimum absolute atomic E-state index is 0.107. The van der Waals surface area contributed by atoms with E-state index in [-0.39, 0.29) is 16.8 Å². The summed E-state index contributed by atoms with van der Waals surface area (Å²) < 4.78 is 32.0. The zero-order valence-electron chi connectivity index (χ0n) is 16.0. The first-order valence-electron chi connectivity index (χ1n) is 9.67. The second-order valence-electron chi connectivity index (χ2n) is 7.09. The van der Waals surface area contributed by atoms with Gasteiger partial charge in [0.15, 0.2) is 5.13 Å². The van der Waals surface area contributed by atoms with Gasteiger partial charge in [-0.05, 0) is 37.1 Å². The average Bonchev–Trinajstić information content (AvgIpc) is 3.30. The Morgan fingerprint density at radius 2 is 1.79 bits per heavy atom. The molecule has 0 radical (unpaired) electrons. The van der Waals surface area contributed by atoms with Gasteiger partial charge in [0.25, 0.3) is 5.91 Å². The number of thiazole rings is 1. The number of piperidine rings is 1. The van der Waals surface area contributed by atoms with Gasteiger partial charge in [-0.2, -0.15) is 4.31 Å². The smallest absolute Gasteiger partial charge is 0.251 e. The molecule has 2 aliphatic heterocycles. The molecule has 10 heteroatoms. The van der Waals surface area contributed by atoms with E-state index in [0.717, 1.165) is 31.1 Å². The fraction of sp³-hybridized carbons (Fsp3) is 0.474. The molecule has 2 saturated heterocycles. The lowest BCUT2D eigenvalue weighted by Gasteiger charge is -2.32. The van der Waals surface area contributed by atoms with Crippen LogP contribution in [0.3, 0.4) is 0 Å². The largest absolute Gasteiger partial charge is 0.379 e. The summed E-state index contributed by atoms with van der Waals surface area (Å²) in [6.45, 7) is 3.22. The maximum atomic E-state index is 12.7. The van der Waals surface area contributed by atoms with Crippen molar-refractivity contribution < 1.29 is 17.9 Å². The van der Waals surface area contributed by atoms with Crippen molar-refractivity contribution in [2.24, 2.45) is 0 Å². The Morgan fingerprint density at radius 1 is 1.10 bits per heavy atom. The summed E-state index contributed by atoms with van der Waals surface area (Å²) in [5.41, 5.74) is 0.466. The second kappa shape index (κ2) is 8.78. The van der Waals surface area contributed by atoms with Crippen LogP contribution < -0.4 is 10.2 Å². The number of rotatable bonds is 5. The molecule has 156 valence electrons. The van der Waals surface area contributed by atoms with Gasteiger partial charge in [0.2, 0.25) is 10.0 Å². The molecule has 0 unspecified atom stereocenters. The first kappa shape index (κ1) is 20.3. The Bertz CT molecular complexity index is 918. The monoisotopic (exact) mass is 436 g/mol. The Hall–Kier alpha value is -2.01. The summed E-state index contributed by atoms with van der Waals surface area (Å²) in [4.78, 5) is 19.3. The van der Waals surface area contributed by atoms with E-state index in [9.17, 15) is 13.2 Å². The van der Waals surface area contributed by atoms with Crippen LogP contribution >= 0.6 is 11.3 Å². The second-order valence-corrected chi connectivity index (χ2v) is 9.90. The van der Waals surface area contributed by atoms with Crippen molar-refractivity contribution in [2.45, 2.75) is 23.8 Å². The van der Waals surface area contributed by atoms with E-state index >= 15 is 0 Å². The van der Waals surface area contributed by atoms with Crippen LogP contribution in [0.15, 0.2) is 40.7 Å². The molecule has 2 aromatic rings. The van der Waals surface area contributed by atoms with Gasteiger partial charge in [0, 0.05) is 49.4 Å². The van der Waals surface area contributed by atoms with Crippen molar-refractivity contribution >= 4 is 32.4 Å². The fourth-order valence-electron chi connectivity index (χ4n) is 3.57. The predicted octanol–water partition coefficient (Wildman–Crippen LogP) is 1.56. The van der Waals surface area contributed by atoms with Crippen LogP contribution in [0, 0.1) is 0 Å². The number of benzene rings is 1. The lowest BCUT2D eigenvalue weighted by molar-refractivity contribution is 0.0730. The van der Waals surface area contributed by atoms with E-state index in [1.165, 1.54) is 16.4 Å². The normalized spacial score (nSPS) is 19.2. The van der Waals surface area contributed by atoms with Gasteiger partial charge < -0.3 is 15.0 Å². The maximum Gasteiger partial charge on any atom is 0.251 e. The Labute approximate surface area is 174 Å². The number of hydrogen-bond donors (Lipinski definition) is 1. The highest BCUT2D eigenvalue weighted by atomic mass is 32.2. The third-order valence-electron chi connectivity index (χ3n) is 5.24. The lowest BCUT2D eigenvalue weighted by atomic mass is 10.0. The first-order chi connectivity index (χ1) is 14.0. The molecule has 1 amide bonds. The molecule has 2 aliphatic rings. The maximum absolute atomic E-state index is 12.7. The number of nitrogens with one attached hydrogen (secondary N) is 1. The molecule has 1 aromatic heterocycles. The van der Waals surface area contributed by atoms with E-state index in [1.54, 1.807) is 29.7 Å². The topological polar surface area (TPSA) is 91.8 Å². The van der Waals surface area contributed by atoms with Gasteiger partial charge in [0.05, 0.1) is 18.1 Å². The van der Waals surface area contributed by atoms with Crippen LogP contribution in [0.25, 0.3) is 0 Å². The zero-order chi connectivity index (χ0) is 20.3. The van der Waals surface area contributed by atoms with Crippen molar-refractivity contribution in [3.05, 3.63) is 41.4 Å². The van der Waals surface area contributed by atoms with Gasteiger partial charge >= 0.3 is 0 Å². The number of ether oxygens (including phenoxy) is 1. The number of anilines is 1. The number of sulfonamides is 1. The van der Waals surface area contributed by atoms with E-state index < -0.39 is 10.0 Å². The molecule has 0 aliphatic carbocycles. The first-order valence-corrected chi connectivity index (χ1v) is 12.0. The molecule has 3 heterocycles. The Balaban J connectivity index is 1.34. The van der Waals surface area contributed by atoms with Crippen molar-refractivity contribution in [1.82, 2.24) is 14.6 Å². The van der Waals surface area contributed by atoms with Gasteiger partial charge in [-0.25, -0.2) is 13.4 Å². The van der Waals surface area contributed by atoms with Crippen LogP contribution in [0.5, 0.6) is 0 Å². The van der Waals surface area contributed by atoms with Gasteiger partial charge in [-0.15, -0.1) is 11.3 Å². The number of carbonyl (C=O) groups excluding carboxylic acids is 1. The van der Waals surface area contributed by atoms with Crippen LogP contribution in [-0.4, -0.2) is 69.0 Å². The average molecular weight is 437 g/mol. The standard InChI is InChI=1S/C19H24N4O4S2/c24-18(21-16-5-8-22(9-6-16)19-20-7-14-28-19)15-1-3-17(4-2-15)29(25,26)23-10-12-27-13-11-23/h1-4,7,14,16H,5-6,8-13H2,(H,21,24). The number of amides is 1. The summed E-state index contributed by atoms with van der Waals surface area (Å²) in [5.74, 6) is -0.173. The van der Waals surface area contributed by atoms with Crippen LogP contribution in [0.4, 0.5) is 5.13 Å². The predicted molar refractivity (Wildman–Crippen MR) is 111 cm³/mol. The molecule has 0 bridgehead atoms. The minimum Gasteiger partial charge on any atom is -0.379 e. The highest BCUT2D eigenvalue weighted by Gasteiger charge is 2.27. The van der Waals surface area contributed by atoms with Crippen LogP contribution in [0.1, 0.15) is 23.2 Å². The van der Waals surface area contributed by atoms with Crippen LogP contribution in [0.2, 0.25) is 0 Å². The molecule has 2 fully saturated rings. The quantitative estimate of drug-likeness (QED) is 0.765. The molecule has 0 saturated carbocycles. The summed E-state index contributed by atoms with van der Waals surface area (Å²) >= 11 is 1.62. The summed E-state index contributed by atoms with van der Waals surface area (Å²) in [6.07, 6.45) is 3.51. The zero-order valence-corrected chi connectivity index (χ0v) is 17.6. The van der Waals surface area contributed by atoms with Gasteiger partial charge in [-0.3, -0.25) is 4.79 Å². The molecular formula is C19H24N4O4S2. The van der Waals surface area contributed by atoms with E-state index in [2.05, 4.69) is 15.2 Å². The third-order valence-corrected chi connectivity index (χ3v) is 7.99. The van der Waals surface area contributed by atoms with E-state index in [0.29, 0.717) is 31.9 Å². The molecular weight excluding hydrogens is 412 g/mol. The number of carbonyl (C=O) groups is 1. The Morgan fingerprint density at radius 3 is 2.41 bits per heavy atom. The molecule has 1 N–H and O–H groups in total. The number of morpholine rings is 1. The highest BCUT2D eigenvalue weighted by Crippen LogP contribution is 2.22. The summed E-state index contributed by atoms with van der Waals surface area (Å²) in [6, 6.07) is 6.27. The molecule has 0 spiro atoms. The fourth-order valence-corrected chi connectivity index (χ4v) is 5.67. The molecule has 4 rings (SSSR count). The number of aromatic nitrogens is 1. The van der Waals surface area contributed by atoms with Crippen LogP contribution in [-0.2, 0) is 14.8 Å². The molecule has 29 heavy (non-hydrogen) atoms. The highest BCUT2D eigenvalue weighted by molar-refractivity contribution is 7.89. The van der Waals surface area contributed by atoms with Crippen molar-refractivity contribution in [2.75, 3.05) is 44.3 Å². The van der Waals surface area contributed by atoms with Gasteiger partial charge in [-0.1, -0.05) is 0 Å². The molecule has 8 nitrogen and oxygen atoms in total. The van der Waals surface area contributed by atoms with Gasteiger partial charge in [0.1, 0.15) is 0 Å².